The van der Waals surface area contributed by atoms with Gasteiger partial charge in [0.2, 0.25) is 0 Å². The Kier molecular flexibility index (Phi) is 17.5. The Bertz CT molecular complexity index is 2070. The topological polar surface area (TPSA) is 119 Å². The highest BCUT2D eigenvalue weighted by atomic mass is 35.5. The lowest BCUT2D eigenvalue weighted by Crippen LogP contribution is -2.40. The molecule has 5 heterocycles. The number of fused-ring (bicyclic) bond motifs is 1. The van der Waals surface area contributed by atoms with Gasteiger partial charge in [-0.3, -0.25) is 9.48 Å². The van der Waals surface area contributed by atoms with Crippen molar-refractivity contribution in [3.63, 3.8) is 0 Å². The molecule has 0 unspecified atom stereocenters. The van der Waals surface area contributed by atoms with E-state index in [1.54, 1.807) is 4.68 Å². The third kappa shape index (κ3) is 13.0. The standard InChI is InChI=1S/C28H35F3N4O2.C18H28F3N3O.2ClH/c1-27(29,30)23-18-37-33-26(23)20-8-13-35(14-9-20)15-12-28(31)10-6-19(7-11-28)16-25(36)21-4-3-5-24-22(21)17-34(2)32-24;1-17(19,20)15-12-25-23-16(15)13-4-9-24(10-5-13)11-8-18(21)6-2-14(22)3-7-18;;/h3-5,17-20H,6-16H2,1-2H3;12-14H,2-11,22H2,1H3;2*1H. The molecule has 4 aliphatic rings. The Balaban J connectivity index is 0.000000251. The first-order valence-electron chi connectivity index (χ1n) is 22.6. The number of nitrogens with zero attached hydrogens (tertiary/aromatic N) is 6. The molecule has 2 aliphatic heterocycles. The summed E-state index contributed by atoms with van der Waals surface area (Å²) in [5.74, 6) is -5.66. The highest BCUT2D eigenvalue weighted by molar-refractivity contribution is 6.07. The SMILES string of the molecule is CC(F)(F)c1conc1C1CCN(CCC2(F)CCC(N)CC2)CC1.Cl.Cl.Cn1cc2c(C(=O)CC3CCC(F)(CCN4CCC(c5nocc5C(C)(F)F)CC4)CC3)cccc2n1. The van der Waals surface area contributed by atoms with Crippen LogP contribution in [0.2, 0.25) is 0 Å². The van der Waals surface area contributed by atoms with Crippen LogP contribution in [0.15, 0.2) is 46.0 Å². The van der Waals surface area contributed by atoms with Gasteiger partial charge in [0, 0.05) is 75.4 Å². The number of nitrogens with two attached hydrogens (primary N) is 1. The molecule has 0 radical (unpaired) electrons. The van der Waals surface area contributed by atoms with Crippen molar-refractivity contribution in [3.05, 3.63) is 65.0 Å². The second-order valence-corrected chi connectivity index (χ2v) is 19.0. The maximum Gasteiger partial charge on any atom is 0.275 e. The number of alkyl halides is 6. The van der Waals surface area contributed by atoms with Crippen LogP contribution >= 0.6 is 24.8 Å². The number of likely N-dealkylation sites (tertiary alicyclic amines) is 2. The van der Waals surface area contributed by atoms with E-state index in [-0.39, 0.29) is 65.5 Å². The fraction of sp³-hybridized carbons (Fsp3) is 0.696. The van der Waals surface area contributed by atoms with Crippen molar-refractivity contribution in [2.45, 2.75) is 151 Å². The molecule has 10 nitrogen and oxygen atoms in total. The number of benzene rings is 1. The lowest BCUT2D eigenvalue weighted by molar-refractivity contribution is 0.0145. The van der Waals surface area contributed by atoms with Crippen molar-refractivity contribution >= 4 is 41.5 Å². The monoisotopic (exact) mass is 947 g/mol. The number of hydrogen-bond acceptors (Lipinski definition) is 9. The first-order chi connectivity index (χ1) is 29.4. The van der Waals surface area contributed by atoms with E-state index in [2.05, 4.69) is 25.2 Å². The van der Waals surface area contributed by atoms with Gasteiger partial charge in [0.05, 0.1) is 28.0 Å². The van der Waals surface area contributed by atoms with Crippen LogP contribution in [0.1, 0.15) is 155 Å². The summed E-state index contributed by atoms with van der Waals surface area (Å²) in [6.45, 7) is 6.14. The smallest absolute Gasteiger partial charge is 0.275 e. The lowest BCUT2D eigenvalue weighted by atomic mass is 9.76. The zero-order valence-corrected chi connectivity index (χ0v) is 38.8. The zero-order chi connectivity index (χ0) is 44.3. The molecule has 8 rings (SSSR count). The maximum atomic E-state index is 15.6. The van der Waals surface area contributed by atoms with Gasteiger partial charge < -0.3 is 24.6 Å². The van der Waals surface area contributed by atoms with Gasteiger partial charge in [0.1, 0.15) is 23.9 Å². The van der Waals surface area contributed by atoms with Gasteiger partial charge in [-0.2, -0.15) is 5.10 Å². The van der Waals surface area contributed by atoms with Crippen molar-refractivity contribution in [2.24, 2.45) is 18.7 Å². The van der Waals surface area contributed by atoms with Gasteiger partial charge in [-0.15, -0.1) is 24.8 Å². The van der Waals surface area contributed by atoms with Crippen LogP contribution in [0.5, 0.6) is 0 Å². The molecule has 4 fully saturated rings. The summed E-state index contributed by atoms with van der Waals surface area (Å²) < 4.78 is 96.7. The largest absolute Gasteiger partial charge is 0.364 e. The number of carbonyl (C=O) groups is 1. The molecule has 3 aromatic heterocycles. The van der Waals surface area contributed by atoms with Crippen LogP contribution < -0.4 is 5.73 Å². The molecular formula is C46H65Cl2F6N7O3. The number of hydrogen-bond donors (Lipinski definition) is 1. The molecule has 2 N–H and O–H groups in total. The number of piperidine rings is 2. The fourth-order valence-electron chi connectivity index (χ4n) is 10.1. The van der Waals surface area contributed by atoms with Gasteiger partial charge in [-0.05, 0) is 128 Å². The third-order valence-corrected chi connectivity index (χ3v) is 14.2. The molecule has 0 spiro atoms. The Morgan fingerprint density at radius 2 is 1.20 bits per heavy atom. The third-order valence-electron chi connectivity index (χ3n) is 14.2. The number of rotatable bonds is 13. The fourth-order valence-corrected chi connectivity index (χ4v) is 10.1. The van der Waals surface area contributed by atoms with Crippen molar-refractivity contribution < 1.29 is 40.2 Å². The van der Waals surface area contributed by atoms with Crippen LogP contribution in [-0.2, 0) is 18.9 Å². The summed E-state index contributed by atoms with van der Waals surface area (Å²) in [7, 11) is 1.85. The Labute approximate surface area is 384 Å². The van der Waals surface area contributed by atoms with E-state index in [0.717, 1.165) is 89.1 Å². The molecule has 64 heavy (non-hydrogen) atoms. The summed E-state index contributed by atoms with van der Waals surface area (Å²) in [5.41, 5.74) is 5.60. The molecule has 1 aromatic carbocycles. The summed E-state index contributed by atoms with van der Waals surface area (Å²) >= 11 is 0. The van der Waals surface area contributed by atoms with Crippen LogP contribution in [0.25, 0.3) is 10.9 Å². The number of Topliss-reactive ketones (excluding diaryl/α,β-unsaturated/α-hetero) is 1. The molecule has 2 saturated carbocycles. The lowest BCUT2D eigenvalue weighted by Gasteiger charge is -2.37. The van der Waals surface area contributed by atoms with E-state index in [4.69, 9.17) is 14.8 Å². The van der Waals surface area contributed by atoms with Gasteiger partial charge >= 0.3 is 0 Å². The summed E-state index contributed by atoms with van der Waals surface area (Å²) in [6, 6.07) is 5.77. The number of halogens is 8. The molecular weight excluding hydrogens is 883 g/mol. The van der Waals surface area contributed by atoms with Crippen LogP contribution in [0.3, 0.4) is 0 Å². The molecule has 358 valence electrons. The van der Waals surface area contributed by atoms with E-state index < -0.39 is 23.2 Å². The number of carbonyl (C=O) groups excluding carboxylic acids is 1. The van der Waals surface area contributed by atoms with Crippen LogP contribution in [0, 0.1) is 5.92 Å². The molecule has 0 bridgehead atoms. The van der Waals surface area contributed by atoms with E-state index >= 15 is 4.39 Å². The molecule has 18 heteroatoms. The molecule has 2 aliphatic carbocycles. The molecule has 0 amide bonds. The predicted octanol–water partition coefficient (Wildman–Crippen LogP) is 11.2. The van der Waals surface area contributed by atoms with E-state index in [1.165, 1.54) is 0 Å². The van der Waals surface area contributed by atoms with Gasteiger partial charge in [0.25, 0.3) is 11.8 Å². The predicted molar refractivity (Wildman–Crippen MR) is 238 cm³/mol. The molecule has 4 aromatic rings. The Morgan fingerprint density at radius 3 is 1.66 bits per heavy atom. The molecule has 2 saturated heterocycles. The van der Waals surface area contributed by atoms with E-state index in [0.29, 0.717) is 101 Å². The second-order valence-electron chi connectivity index (χ2n) is 19.0. The van der Waals surface area contributed by atoms with Crippen LogP contribution in [0.4, 0.5) is 26.3 Å². The van der Waals surface area contributed by atoms with E-state index in [9.17, 15) is 26.7 Å². The highest BCUT2D eigenvalue weighted by Gasteiger charge is 2.40. The average molecular weight is 949 g/mol. The summed E-state index contributed by atoms with van der Waals surface area (Å²) in [5, 5.41) is 12.9. The maximum absolute atomic E-state index is 15.6. The minimum absolute atomic E-state index is 0. The minimum atomic E-state index is -2.97. The minimum Gasteiger partial charge on any atom is -0.364 e. The van der Waals surface area contributed by atoms with Crippen molar-refractivity contribution in [2.75, 3.05) is 39.3 Å². The van der Waals surface area contributed by atoms with Gasteiger partial charge in [-0.1, -0.05) is 22.4 Å². The highest BCUT2D eigenvalue weighted by Crippen LogP contribution is 2.42. The van der Waals surface area contributed by atoms with Crippen LogP contribution in [-0.4, -0.2) is 92.3 Å². The van der Waals surface area contributed by atoms with Crippen molar-refractivity contribution in [3.8, 4) is 0 Å². The summed E-state index contributed by atoms with van der Waals surface area (Å²) in [4.78, 5) is 17.5. The summed E-state index contributed by atoms with van der Waals surface area (Å²) in [6.07, 6.45) is 13.4. The van der Waals surface area contributed by atoms with Gasteiger partial charge in [0.15, 0.2) is 5.78 Å². The normalized spacial score (nSPS) is 25.6. The van der Waals surface area contributed by atoms with Crippen molar-refractivity contribution in [1.29, 1.82) is 0 Å². The zero-order valence-electron chi connectivity index (χ0n) is 37.2. The van der Waals surface area contributed by atoms with Crippen molar-refractivity contribution in [1.82, 2.24) is 29.9 Å². The van der Waals surface area contributed by atoms with E-state index in [1.807, 2.05) is 31.4 Å². The Hall–Kier alpha value is -3.18. The number of aromatic nitrogens is 4. The number of aryl methyl sites for hydroxylation is 1. The first-order valence-corrected chi connectivity index (χ1v) is 22.6. The quantitative estimate of drug-likeness (QED) is 0.103. The second kappa shape index (κ2) is 21.6. The Morgan fingerprint density at radius 1 is 0.750 bits per heavy atom. The molecule has 0 atom stereocenters. The first kappa shape index (κ1) is 51.8. The van der Waals surface area contributed by atoms with Gasteiger partial charge in [-0.25, -0.2) is 26.3 Å². The average Bonchev–Trinajstić information content (AvgIpc) is 4.02. The number of ketones is 1.